The molecule has 0 aromatic carbocycles. The lowest BCUT2D eigenvalue weighted by Crippen LogP contribution is -2.04. The number of carbonyl (C=O) groups excluding carboxylic acids is 3. The first-order chi connectivity index (χ1) is 11.6. The van der Waals surface area contributed by atoms with Gasteiger partial charge in [-0.25, -0.2) is 0 Å². The molecule has 0 N–H and O–H groups in total. The Bertz CT molecular complexity index is 535. The van der Waals surface area contributed by atoms with E-state index in [1.807, 2.05) is 12.1 Å². The van der Waals surface area contributed by atoms with Crippen LogP contribution >= 0.6 is 11.3 Å². The molecule has 1 rings (SSSR count). The van der Waals surface area contributed by atoms with Gasteiger partial charge in [0.15, 0.2) is 5.78 Å². The standard InChI is InChI=1S/C18H26O5S/c1-22-17(20)9-7-5-3-4-6-8-14-10-12-16(24-14)15(19)11-13-18(21)23-2/h10,12H,3-9,11,13H2,1-2H3. The monoisotopic (exact) mass is 354 g/mol. The number of unbranched alkanes of at least 4 members (excludes halogenated alkanes) is 4. The van der Waals surface area contributed by atoms with Crippen LogP contribution in [0.15, 0.2) is 12.1 Å². The van der Waals surface area contributed by atoms with Gasteiger partial charge < -0.3 is 9.47 Å². The number of hydrogen-bond donors (Lipinski definition) is 0. The first-order valence-electron chi connectivity index (χ1n) is 8.32. The molecule has 134 valence electrons. The maximum absolute atomic E-state index is 12.0. The Morgan fingerprint density at radius 3 is 2.17 bits per heavy atom. The highest BCUT2D eigenvalue weighted by molar-refractivity contribution is 7.14. The summed E-state index contributed by atoms with van der Waals surface area (Å²) in [6, 6.07) is 3.84. The largest absolute Gasteiger partial charge is 0.469 e. The van der Waals surface area contributed by atoms with Crippen LogP contribution in [0.5, 0.6) is 0 Å². The molecule has 0 saturated carbocycles. The van der Waals surface area contributed by atoms with Crippen molar-refractivity contribution in [2.75, 3.05) is 14.2 Å². The van der Waals surface area contributed by atoms with E-state index < -0.39 is 0 Å². The van der Waals surface area contributed by atoms with Crippen molar-refractivity contribution >= 4 is 29.1 Å². The topological polar surface area (TPSA) is 69.7 Å². The molecule has 0 bridgehead atoms. The van der Waals surface area contributed by atoms with E-state index in [-0.39, 0.29) is 30.6 Å². The summed E-state index contributed by atoms with van der Waals surface area (Å²) in [5.74, 6) is -0.496. The lowest BCUT2D eigenvalue weighted by atomic mass is 10.1. The molecule has 6 heteroatoms. The van der Waals surface area contributed by atoms with Crippen molar-refractivity contribution in [3.05, 3.63) is 21.9 Å². The van der Waals surface area contributed by atoms with E-state index in [1.165, 1.54) is 30.4 Å². The maximum atomic E-state index is 12.0. The summed E-state index contributed by atoms with van der Waals surface area (Å²) in [6.45, 7) is 0. The van der Waals surface area contributed by atoms with E-state index in [2.05, 4.69) is 9.47 Å². The molecule has 0 fully saturated rings. The number of ketones is 1. The van der Waals surface area contributed by atoms with Crippen LogP contribution in [-0.2, 0) is 25.5 Å². The second-order valence-electron chi connectivity index (χ2n) is 5.61. The fourth-order valence-electron chi connectivity index (χ4n) is 2.30. The second kappa shape index (κ2) is 11.8. The zero-order valence-corrected chi connectivity index (χ0v) is 15.3. The number of hydrogen-bond acceptors (Lipinski definition) is 6. The number of esters is 2. The third kappa shape index (κ3) is 8.24. The smallest absolute Gasteiger partial charge is 0.305 e. The summed E-state index contributed by atoms with van der Waals surface area (Å²) >= 11 is 1.51. The summed E-state index contributed by atoms with van der Waals surface area (Å²) in [4.78, 5) is 35.9. The van der Waals surface area contributed by atoms with Crippen LogP contribution in [0.4, 0.5) is 0 Å². The fourth-order valence-corrected chi connectivity index (χ4v) is 3.32. The molecule has 0 aliphatic heterocycles. The Labute approximate surface area is 147 Å². The number of aryl methyl sites for hydroxylation is 1. The zero-order valence-electron chi connectivity index (χ0n) is 14.5. The minimum absolute atomic E-state index is 0.000500. The summed E-state index contributed by atoms with van der Waals surface area (Å²) in [7, 11) is 2.74. The van der Waals surface area contributed by atoms with Gasteiger partial charge in [0, 0.05) is 17.7 Å². The molecule has 24 heavy (non-hydrogen) atoms. The molecular weight excluding hydrogens is 328 g/mol. The van der Waals surface area contributed by atoms with Gasteiger partial charge in [-0.15, -0.1) is 11.3 Å². The summed E-state index contributed by atoms with van der Waals surface area (Å²) < 4.78 is 9.14. The highest BCUT2D eigenvalue weighted by Gasteiger charge is 2.11. The van der Waals surface area contributed by atoms with E-state index in [4.69, 9.17) is 0 Å². The van der Waals surface area contributed by atoms with Crippen LogP contribution in [-0.4, -0.2) is 31.9 Å². The van der Waals surface area contributed by atoms with E-state index in [0.717, 1.165) is 38.5 Å². The molecule has 0 aliphatic carbocycles. The Morgan fingerprint density at radius 1 is 0.833 bits per heavy atom. The Hall–Kier alpha value is -1.69. The predicted molar refractivity (Wildman–Crippen MR) is 93.3 cm³/mol. The van der Waals surface area contributed by atoms with Crippen LogP contribution < -0.4 is 0 Å². The van der Waals surface area contributed by atoms with Gasteiger partial charge in [-0.1, -0.05) is 19.3 Å². The quantitative estimate of drug-likeness (QED) is 0.323. The van der Waals surface area contributed by atoms with Gasteiger partial charge in [0.2, 0.25) is 0 Å². The van der Waals surface area contributed by atoms with E-state index in [1.54, 1.807) is 0 Å². The van der Waals surface area contributed by atoms with E-state index in [0.29, 0.717) is 11.3 Å². The molecule has 0 amide bonds. The number of ether oxygens (including phenoxy) is 2. The molecule has 5 nitrogen and oxygen atoms in total. The molecule has 0 saturated heterocycles. The Balaban J connectivity index is 2.17. The SMILES string of the molecule is COC(=O)CCCCCCCc1ccc(C(=O)CCC(=O)OC)s1. The average Bonchev–Trinajstić information content (AvgIpc) is 3.07. The van der Waals surface area contributed by atoms with Gasteiger partial charge in [-0.2, -0.15) is 0 Å². The normalized spacial score (nSPS) is 10.4. The number of Topliss-reactive ketones (excluding diaryl/α,β-unsaturated/α-hetero) is 1. The van der Waals surface area contributed by atoms with Crippen molar-refractivity contribution in [1.82, 2.24) is 0 Å². The Morgan fingerprint density at radius 2 is 1.46 bits per heavy atom. The van der Waals surface area contributed by atoms with Gasteiger partial charge >= 0.3 is 11.9 Å². The fraction of sp³-hybridized carbons (Fsp3) is 0.611. The third-order valence-corrected chi connectivity index (χ3v) is 4.94. The van der Waals surface area contributed by atoms with Crippen molar-refractivity contribution in [2.45, 2.75) is 57.8 Å². The molecule has 0 spiro atoms. The summed E-state index contributed by atoms with van der Waals surface area (Å²) in [6.07, 6.45) is 7.01. The molecule has 1 aromatic rings. The number of carbonyl (C=O) groups is 3. The molecule has 0 radical (unpaired) electrons. The van der Waals surface area contributed by atoms with Crippen molar-refractivity contribution < 1.29 is 23.9 Å². The van der Waals surface area contributed by atoms with Gasteiger partial charge in [-0.05, 0) is 31.4 Å². The number of thiophene rings is 1. The molecule has 1 aromatic heterocycles. The van der Waals surface area contributed by atoms with Crippen LogP contribution in [0.1, 0.15) is 65.9 Å². The van der Waals surface area contributed by atoms with Gasteiger partial charge in [0.1, 0.15) is 0 Å². The van der Waals surface area contributed by atoms with Crippen molar-refractivity contribution in [2.24, 2.45) is 0 Å². The highest BCUT2D eigenvalue weighted by atomic mass is 32.1. The first kappa shape index (κ1) is 20.4. The molecule has 0 aliphatic rings. The van der Waals surface area contributed by atoms with Gasteiger partial charge in [-0.3, -0.25) is 14.4 Å². The molecule has 1 heterocycles. The summed E-state index contributed by atoms with van der Waals surface area (Å²) in [5, 5.41) is 0. The van der Waals surface area contributed by atoms with Crippen LogP contribution in [0, 0.1) is 0 Å². The van der Waals surface area contributed by atoms with E-state index >= 15 is 0 Å². The van der Waals surface area contributed by atoms with Crippen LogP contribution in [0.25, 0.3) is 0 Å². The molecule has 0 atom stereocenters. The van der Waals surface area contributed by atoms with Crippen LogP contribution in [0.3, 0.4) is 0 Å². The average molecular weight is 354 g/mol. The minimum atomic E-state index is -0.354. The van der Waals surface area contributed by atoms with Crippen molar-refractivity contribution in [3.8, 4) is 0 Å². The Kier molecular flexibility index (Phi) is 10.00. The van der Waals surface area contributed by atoms with Crippen molar-refractivity contribution in [1.29, 1.82) is 0 Å². The lowest BCUT2D eigenvalue weighted by Gasteiger charge is -2.01. The summed E-state index contributed by atoms with van der Waals surface area (Å²) in [5.41, 5.74) is 0. The maximum Gasteiger partial charge on any atom is 0.305 e. The van der Waals surface area contributed by atoms with Gasteiger partial charge in [0.05, 0.1) is 25.5 Å². The van der Waals surface area contributed by atoms with E-state index in [9.17, 15) is 14.4 Å². The third-order valence-electron chi connectivity index (χ3n) is 3.75. The number of rotatable bonds is 12. The molecular formula is C18H26O5S. The first-order valence-corrected chi connectivity index (χ1v) is 9.14. The predicted octanol–water partition coefficient (Wildman–Crippen LogP) is 3.94. The van der Waals surface area contributed by atoms with Crippen molar-refractivity contribution in [3.63, 3.8) is 0 Å². The number of methoxy groups -OCH3 is 2. The minimum Gasteiger partial charge on any atom is -0.469 e. The van der Waals surface area contributed by atoms with Gasteiger partial charge in [0.25, 0.3) is 0 Å². The lowest BCUT2D eigenvalue weighted by molar-refractivity contribution is -0.141. The zero-order chi connectivity index (χ0) is 17.8. The second-order valence-corrected chi connectivity index (χ2v) is 6.78. The molecule has 0 unspecified atom stereocenters. The highest BCUT2D eigenvalue weighted by Crippen LogP contribution is 2.21. The van der Waals surface area contributed by atoms with Crippen LogP contribution in [0.2, 0.25) is 0 Å².